The Labute approximate surface area is 136 Å². The topological polar surface area (TPSA) is 92.4 Å². The van der Waals surface area contributed by atoms with Crippen molar-refractivity contribution in [2.24, 2.45) is 0 Å². The third kappa shape index (κ3) is 3.49. The lowest BCUT2D eigenvalue weighted by molar-refractivity contribution is 0.0521. The van der Waals surface area contributed by atoms with Gasteiger partial charge >= 0.3 is 5.97 Å². The summed E-state index contributed by atoms with van der Waals surface area (Å²) in [7, 11) is -2.49. The Morgan fingerprint density at radius 2 is 2.23 bits per heavy atom. The Bertz CT molecular complexity index is 769. The van der Waals surface area contributed by atoms with Gasteiger partial charge in [-0.25, -0.2) is 13.2 Å². The van der Waals surface area contributed by atoms with Crippen LogP contribution in [0.15, 0.2) is 23.4 Å². The van der Waals surface area contributed by atoms with Crippen molar-refractivity contribution in [2.75, 3.05) is 13.7 Å². The molecule has 2 aromatic heterocycles. The van der Waals surface area contributed by atoms with Crippen molar-refractivity contribution in [3.05, 3.63) is 33.1 Å². The van der Waals surface area contributed by atoms with E-state index < -0.39 is 16.0 Å². The molecule has 0 unspecified atom stereocenters. The fraction of sp³-hybridized carbons (Fsp3) is 0.333. The van der Waals surface area contributed by atoms with Crippen LogP contribution in [-0.2, 0) is 21.3 Å². The number of H-pyrrole nitrogens is 1. The van der Waals surface area contributed by atoms with Gasteiger partial charge < -0.3 is 4.74 Å². The number of carbonyl (C=O) groups excluding carboxylic acids is 1. The number of aromatic amines is 1. The van der Waals surface area contributed by atoms with E-state index >= 15 is 0 Å². The van der Waals surface area contributed by atoms with Crippen molar-refractivity contribution < 1.29 is 17.9 Å². The molecule has 0 aromatic carbocycles. The first-order chi connectivity index (χ1) is 10.4. The average Bonchev–Trinajstić information content (AvgIpc) is 3.08. The summed E-state index contributed by atoms with van der Waals surface area (Å²) in [5, 5.41) is 5.71. The zero-order valence-electron chi connectivity index (χ0n) is 11.9. The lowest BCUT2D eigenvalue weighted by Crippen LogP contribution is -2.28. The Hall–Kier alpha value is -1.42. The van der Waals surface area contributed by atoms with Crippen LogP contribution < -0.4 is 0 Å². The summed E-state index contributed by atoms with van der Waals surface area (Å²) >= 11 is 7.12. The van der Waals surface area contributed by atoms with Gasteiger partial charge in [-0.2, -0.15) is 9.40 Å². The smallest absolute Gasteiger partial charge is 0.342 e. The molecule has 2 heterocycles. The SMILES string of the molecule is CCOC(=O)c1cn[nH]c1S(=O)(=O)N(C)Cc1ccc(Cl)s1. The molecule has 7 nitrogen and oxygen atoms in total. The number of ether oxygens (including phenoxy) is 1. The van der Waals surface area contributed by atoms with Gasteiger partial charge in [-0.15, -0.1) is 11.3 Å². The molecule has 2 rings (SSSR count). The van der Waals surface area contributed by atoms with E-state index in [1.807, 2.05) is 0 Å². The van der Waals surface area contributed by atoms with E-state index in [0.29, 0.717) is 4.34 Å². The standard InChI is InChI=1S/C12H14ClN3O4S2/c1-3-20-12(17)9-6-14-15-11(9)22(18,19)16(2)7-8-4-5-10(13)21-8/h4-6H,3,7H2,1-2H3,(H,14,15). The monoisotopic (exact) mass is 363 g/mol. The largest absolute Gasteiger partial charge is 0.462 e. The van der Waals surface area contributed by atoms with Crippen LogP contribution in [0.25, 0.3) is 0 Å². The molecule has 0 aliphatic carbocycles. The summed E-state index contributed by atoms with van der Waals surface area (Å²) in [6, 6.07) is 3.44. The number of aromatic nitrogens is 2. The van der Waals surface area contributed by atoms with E-state index in [2.05, 4.69) is 10.2 Å². The lowest BCUT2D eigenvalue weighted by Gasteiger charge is -2.15. The summed E-state index contributed by atoms with van der Waals surface area (Å²) in [4.78, 5) is 12.6. The number of sulfonamides is 1. The molecule has 0 saturated carbocycles. The summed E-state index contributed by atoms with van der Waals surface area (Å²) in [5.74, 6) is -0.734. The lowest BCUT2D eigenvalue weighted by atomic mass is 10.4. The summed E-state index contributed by atoms with van der Waals surface area (Å²) in [6.07, 6.45) is 1.14. The second-order valence-electron chi connectivity index (χ2n) is 4.30. The Kier molecular flexibility index (Phi) is 5.22. The Balaban J connectivity index is 2.26. The number of halogens is 1. The molecule has 120 valence electrons. The molecule has 22 heavy (non-hydrogen) atoms. The van der Waals surface area contributed by atoms with Gasteiger partial charge in [0.25, 0.3) is 10.0 Å². The Morgan fingerprint density at radius 1 is 1.50 bits per heavy atom. The number of nitrogens with zero attached hydrogens (tertiary/aromatic N) is 2. The summed E-state index contributed by atoms with van der Waals surface area (Å²) in [5.41, 5.74) is -0.113. The van der Waals surface area contributed by atoms with Crippen LogP contribution in [0.3, 0.4) is 0 Å². The van der Waals surface area contributed by atoms with Crippen molar-refractivity contribution in [3.63, 3.8) is 0 Å². The average molecular weight is 364 g/mol. The van der Waals surface area contributed by atoms with Crippen LogP contribution in [0.4, 0.5) is 0 Å². The predicted molar refractivity (Wildman–Crippen MR) is 82.5 cm³/mol. The maximum absolute atomic E-state index is 12.6. The van der Waals surface area contributed by atoms with Crippen molar-refractivity contribution in [1.29, 1.82) is 0 Å². The van der Waals surface area contributed by atoms with Gasteiger partial charge in [0.2, 0.25) is 0 Å². The minimum atomic E-state index is -3.90. The highest BCUT2D eigenvalue weighted by Gasteiger charge is 2.29. The minimum Gasteiger partial charge on any atom is -0.462 e. The summed E-state index contributed by atoms with van der Waals surface area (Å²) < 4.78 is 31.6. The molecular formula is C12H14ClN3O4S2. The van der Waals surface area contributed by atoms with Gasteiger partial charge in [0.15, 0.2) is 5.03 Å². The molecule has 2 aromatic rings. The number of hydrogen-bond acceptors (Lipinski definition) is 6. The van der Waals surface area contributed by atoms with Gasteiger partial charge in [-0.3, -0.25) is 5.10 Å². The van der Waals surface area contributed by atoms with Crippen LogP contribution in [-0.4, -0.2) is 42.5 Å². The molecular weight excluding hydrogens is 350 g/mol. The fourth-order valence-electron chi connectivity index (χ4n) is 1.72. The molecule has 10 heteroatoms. The maximum atomic E-state index is 12.6. The second-order valence-corrected chi connectivity index (χ2v) is 8.08. The molecule has 1 N–H and O–H groups in total. The van der Waals surface area contributed by atoms with Gasteiger partial charge in [0.05, 0.1) is 17.1 Å². The van der Waals surface area contributed by atoms with Crippen LogP contribution in [0.2, 0.25) is 4.34 Å². The first kappa shape index (κ1) is 16.9. The molecule has 0 bridgehead atoms. The molecule has 0 amide bonds. The minimum absolute atomic E-state index is 0.113. The number of esters is 1. The molecule has 0 saturated heterocycles. The number of nitrogens with one attached hydrogen (secondary N) is 1. The highest BCUT2D eigenvalue weighted by atomic mass is 35.5. The predicted octanol–water partition coefficient (Wildman–Crippen LogP) is 2.12. The highest BCUT2D eigenvalue weighted by Crippen LogP contribution is 2.25. The maximum Gasteiger partial charge on any atom is 0.342 e. The quantitative estimate of drug-likeness (QED) is 0.793. The first-order valence-corrected chi connectivity index (χ1v) is 8.90. The normalized spacial score (nSPS) is 11.8. The first-order valence-electron chi connectivity index (χ1n) is 6.27. The zero-order chi connectivity index (χ0) is 16.3. The number of hydrogen-bond donors (Lipinski definition) is 1. The van der Waals surface area contributed by atoms with Gasteiger partial charge in [-0.05, 0) is 19.1 Å². The number of thiophene rings is 1. The number of rotatable bonds is 6. The zero-order valence-corrected chi connectivity index (χ0v) is 14.3. The molecule has 0 atom stereocenters. The van der Waals surface area contributed by atoms with E-state index in [9.17, 15) is 13.2 Å². The van der Waals surface area contributed by atoms with E-state index in [1.54, 1.807) is 19.1 Å². The Morgan fingerprint density at radius 3 is 2.82 bits per heavy atom. The van der Waals surface area contributed by atoms with Crippen LogP contribution in [0.1, 0.15) is 22.2 Å². The second kappa shape index (κ2) is 6.78. The molecule has 0 radical (unpaired) electrons. The summed E-state index contributed by atoms with van der Waals surface area (Å²) in [6.45, 7) is 1.92. The van der Waals surface area contributed by atoms with E-state index in [1.165, 1.54) is 18.4 Å². The van der Waals surface area contributed by atoms with Crippen LogP contribution >= 0.6 is 22.9 Å². The van der Waals surface area contributed by atoms with E-state index in [-0.39, 0.29) is 23.7 Å². The van der Waals surface area contributed by atoms with Crippen molar-refractivity contribution >= 4 is 38.9 Å². The van der Waals surface area contributed by atoms with Crippen molar-refractivity contribution in [2.45, 2.75) is 18.5 Å². The molecule has 0 aliphatic heterocycles. The van der Waals surface area contributed by atoms with Crippen molar-refractivity contribution in [1.82, 2.24) is 14.5 Å². The fourth-order valence-corrected chi connectivity index (χ4v) is 4.15. The highest BCUT2D eigenvalue weighted by molar-refractivity contribution is 7.89. The molecule has 0 fully saturated rings. The number of carbonyl (C=O) groups is 1. The van der Waals surface area contributed by atoms with Gasteiger partial charge in [0, 0.05) is 18.5 Å². The van der Waals surface area contributed by atoms with Gasteiger partial charge in [0.1, 0.15) is 5.56 Å². The third-order valence-corrected chi connectivity index (χ3v) is 5.77. The third-order valence-electron chi connectivity index (χ3n) is 2.78. The van der Waals surface area contributed by atoms with Crippen LogP contribution in [0, 0.1) is 0 Å². The van der Waals surface area contributed by atoms with Crippen LogP contribution in [0.5, 0.6) is 0 Å². The van der Waals surface area contributed by atoms with E-state index in [4.69, 9.17) is 16.3 Å². The van der Waals surface area contributed by atoms with E-state index in [0.717, 1.165) is 15.4 Å². The molecule has 0 spiro atoms. The molecule has 0 aliphatic rings. The van der Waals surface area contributed by atoms with Gasteiger partial charge in [-0.1, -0.05) is 11.6 Å². The van der Waals surface area contributed by atoms with Crippen molar-refractivity contribution in [3.8, 4) is 0 Å².